The van der Waals surface area contributed by atoms with Crippen molar-refractivity contribution < 1.29 is 4.57 Å². The number of hydrogen-bond acceptors (Lipinski definition) is 1. The summed E-state index contributed by atoms with van der Waals surface area (Å²) in [4.78, 5) is 0. The Labute approximate surface area is 36.5 Å². The molecule has 32 valence electrons. The monoisotopic (exact) mass is 128 g/mol. The first-order chi connectivity index (χ1) is 2.27. The maximum atomic E-state index is 9.97. The summed E-state index contributed by atoms with van der Waals surface area (Å²) in [5.41, 5.74) is 0. The van der Waals surface area contributed by atoms with E-state index in [1.807, 2.05) is 6.66 Å². The molecule has 0 spiro atoms. The topological polar surface area (TPSA) is 17.1 Å². The van der Waals surface area contributed by atoms with Crippen LogP contribution < -0.4 is 0 Å². The van der Waals surface area contributed by atoms with Crippen LogP contribution in [-0.4, -0.2) is 6.66 Å². The first-order valence-corrected chi connectivity index (χ1v) is 6.96. The first-order valence-electron chi connectivity index (χ1n) is 1.24. The molecule has 0 N–H and O–H groups in total. The Morgan fingerprint density at radius 2 is 2.20 bits per heavy atom. The lowest BCUT2D eigenvalue weighted by Crippen LogP contribution is -1.15. The van der Waals surface area contributed by atoms with Gasteiger partial charge in [0.05, 0.1) is 0 Å². The van der Waals surface area contributed by atoms with E-state index < -0.39 is 7.18 Å². The number of hydrogen-bond donors (Lipinski definition) is 0. The SMILES string of the molecule is CP[PH](=O)P. The standard InChI is InChI=1S/CH7OP3/c1-4-5(2)3/h4-5H,3H2,1H3. The van der Waals surface area contributed by atoms with Crippen molar-refractivity contribution in [2.75, 3.05) is 6.66 Å². The fourth-order valence-corrected chi connectivity index (χ4v) is 0. The van der Waals surface area contributed by atoms with E-state index in [1.54, 1.807) is 0 Å². The van der Waals surface area contributed by atoms with Gasteiger partial charge in [-0.15, -0.1) is 0 Å². The highest BCUT2D eigenvalue weighted by atomic mass is 32.4. The van der Waals surface area contributed by atoms with Crippen molar-refractivity contribution in [3.63, 3.8) is 0 Å². The second-order valence-electron chi connectivity index (χ2n) is 0.614. The molecule has 0 heterocycles. The van der Waals surface area contributed by atoms with Gasteiger partial charge in [-0.05, 0) is 6.66 Å². The molecule has 0 aromatic carbocycles. The van der Waals surface area contributed by atoms with Crippen molar-refractivity contribution in [2.24, 2.45) is 0 Å². The summed E-state index contributed by atoms with van der Waals surface area (Å²) < 4.78 is 9.97. The number of rotatable bonds is 1. The average molecular weight is 128 g/mol. The van der Waals surface area contributed by atoms with E-state index in [0.717, 1.165) is 0 Å². The third-order valence-electron chi connectivity index (χ3n) is 0.246. The normalized spacial score (nSPS) is 17.2. The minimum Gasteiger partial charge on any atom is -0.318 e. The van der Waals surface area contributed by atoms with Crippen LogP contribution in [0.25, 0.3) is 0 Å². The quantitative estimate of drug-likeness (QED) is 0.489. The maximum absolute atomic E-state index is 9.97. The molecule has 0 aliphatic carbocycles. The van der Waals surface area contributed by atoms with Crippen LogP contribution in [0.1, 0.15) is 0 Å². The molecule has 0 rings (SSSR count). The molecule has 0 aromatic heterocycles. The Morgan fingerprint density at radius 3 is 2.20 bits per heavy atom. The average Bonchev–Trinajstić information content (AvgIpc) is 1.38. The van der Waals surface area contributed by atoms with Gasteiger partial charge in [-0.3, -0.25) is 0 Å². The summed E-state index contributed by atoms with van der Waals surface area (Å²) in [5, 5.41) is 0. The molecular weight excluding hydrogens is 121 g/mol. The van der Waals surface area contributed by atoms with Gasteiger partial charge in [-0.1, -0.05) is 17.2 Å². The van der Waals surface area contributed by atoms with E-state index in [4.69, 9.17) is 0 Å². The van der Waals surface area contributed by atoms with Gasteiger partial charge < -0.3 is 4.57 Å². The van der Waals surface area contributed by atoms with E-state index >= 15 is 0 Å². The van der Waals surface area contributed by atoms with Crippen LogP contribution in [0, 0.1) is 0 Å². The molecule has 0 aliphatic heterocycles. The van der Waals surface area contributed by atoms with Crippen LogP contribution in [0.15, 0.2) is 0 Å². The van der Waals surface area contributed by atoms with Gasteiger partial charge in [0.15, 0.2) is 0 Å². The molecule has 0 fully saturated rings. The summed E-state index contributed by atoms with van der Waals surface area (Å²) in [6.07, 6.45) is 0. The van der Waals surface area contributed by atoms with Crippen LogP contribution in [0.3, 0.4) is 0 Å². The van der Waals surface area contributed by atoms with Crippen LogP contribution in [0.5, 0.6) is 0 Å². The van der Waals surface area contributed by atoms with E-state index in [-0.39, 0.29) is 0 Å². The van der Waals surface area contributed by atoms with E-state index in [0.29, 0.717) is 8.27 Å². The van der Waals surface area contributed by atoms with Crippen molar-refractivity contribution in [2.45, 2.75) is 0 Å². The Hall–Kier alpha value is 1.09. The van der Waals surface area contributed by atoms with Crippen molar-refractivity contribution >= 4 is 24.4 Å². The first kappa shape index (κ1) is 6.09. The summed E-state index contributed by atoms with van der Waals surface area (Å²) in [5.74, 6) is 0. The molecule has 0 radical (unpaired) electrons. The lowest BCUT2D eigenvalue weighted by molar-refractivity contribution is 0.603. The molecule has 0 amide bonds. The predicted molar refractivity (Wildman–Crippen MR) is 33.0 cm³/mol. The summed E-state index contributed by atoms with van der Waals surface area (Å²) >= 11 is 0. The fourth-order valence-electron chi connectivity index (χ4n) is 0. The lowest BCUT2D eigenvalue weighted by atomic mass is 12.0. The molecule has 0 saturated heterocycles. The van der Waals surface area contributed by atoms with Gasteiger partial charge >= 0.3 is 0 Å². The van der Waals surface area contributed by atoms with Crippen LogP contribution in [-0.2, 0) is 4.57 Å². The van der Waals surface area contributed by atoms with Gasteiger partial charge in [0.1, 0.15) is 7.18 Å². The highest BCUT2D eigenvalue weighted by Crippen LogP contribution is 2.48. The Kier molecular flexibility index (Phi) is 4.00. The molecule has 3 atom stereocenters. The van der Waals surface area contributed by atoms with Gasteiger partial charge in [0.2, 0.25) is 0 Å². The van der Waals surface area contributed by atoms with Crippen LogP contribution in [0.4, 0.5) is 0 Å². The van der Waals surface area contributed by atoms with Crippen LogP contribution >= 0.6 is 24.4 Å². The third kappa shape index (κ3) is 5.09. The largest absolute Gasteiger partial charge is 0.318 e. The van der Waals surface area contributed by atoms with Crippen molar-refractivity contribution in [1.82, 2.24) is 0 Å². The molecule has 5 heavy (non-hydrogen) atoms. The Balaban J connectivity index is 2.85. The molecule has 4 heteroatoms. The van der Waals surface area contributed by atoms with Crippen molar-refractivity contribution in [3.05, 3.63) is 0 Å². The van der Waals surface area contributed by atoms with E-state index in [2.05, 4.69) is 8.93 Å². The van der Waals surface area contributed by atoms with Crippen LogP contribution in [0.2, 0.25) is 0 Å². The molecular formula is CH7OP3. The van der Waals surface area contributed by atoms with Crippen molar-refractivity contribution in [3.8, 4) is 0 Å². The summed E-state index contributed by atoms with van der Waals surface area (Å²) in [6, 6.07) is 0. The Morgan fingerprint density at radius 1 is 2.00 bits per heavy atom. The molecule has 3 unspecified atom stereocenters. The highest BCUT2D eigenvalue weighted by Gasteiger charge is 1.73. The van der Waals surface area contributed by atoms with E-state index in [9.17, 15) is 4.57 Å². The molecule has 0 saturated carbocycles. The minimum atomic E-state index is -1.18. The zero-order valence-electron chi connectivity index (χ0n) is 2.99. The van der Waals surface area contributed by atoms with Gasteiger partial charge in [0, 0.05) is 0 Å². The predicted octanol–water partition coefficient (Wildman–Crippen LogP) is 1.56. The second kappa shape index (κ2) is 3.29. The smallest absolute Gasteiger partial charge is 0.107 e. The van der Waals surface area contributed by atoms with Crippen molar-refractivity contribution in [1.29, 1.82) is 0 Å². The molecule has 0 aromatic rings. The third-order valence-corrected chi connectivity index (χ3v) is 4.82. The van der Waals surface area contributed by atoms with Gasteiger partial charge in [0.25, 0.3) is 0 Å². The fraction of sp³-hybridized carbons (Fsp3) is 1.00. The van der Waals surface area contributed by atoms with Gasteiger partial charge in [-0.2, -0.15) is 0 Å². The molecule has 1 nitrogen and oxygen atoms in total. The maximum Gasteiger partial charge on any atom is 0.107 e. The van der Waals surface area contributed by atoms with Gasteiger partial charge in [-0.25, -0.2) is 0 Å². The Bertz CT molecular complexity index is 42.2. The van der Waals surface area contributed by atoms with E-state index in [1.165, 1.54) is 0 Å². The zero-order chi connectivity index (χ0) is 4.28. The second-order valence-corrected chi connectivity index (χ2v) is 8.13. The zero-order valence-corrected chi connectivity index (χ0v) is 6.14. The summed E-state index contributed by atoms with van der Waals surface area (Å²) in [6.45, 7) is 1.94. The highest BCUT2D eigenvalue weighted by molar-refractivity contribution is 8.41. The molecule has 0 bridgehead atoms. The minimum absolute atomic E-state index is 0.623. The lowest BCUT2D eigenvalue weighted by Gasteiger charge is -1.75. The summed E-state index contributed by atoms with van der Waals surface area (Å²) in [7, 11) is 1.74. The molecule has 0 aliphatic rings.